The molecular formula is C27H27N3O5S3. The van der Waals surface area contributed by atoms with Gasteiger partial charge in [0.05, 0.1) is 0 Å². The number of hydrogen-bond acceptors (Lipinski definition) is 6. The van der Waals surface area contributed by atoms with Gasteiger partial charge in [0.25, 0.3) is 26.1 Å². The van der Waals surface area contributed by atoms with Crippen LogP contribution in [0.15, 0.2) is 88.5 Å². The van der Waals surface area contributed by atoms with E-state index in [-0.39, 0.29) is 22.9 Å². The normalized spacial score (nSPS) is 16.7. The molecule has 1 N–H and O–H groups in total. The van der Waals surface area contributed by atoms with Gasteiger partial charge >= 0.3 is 0 Å². The van der Waals surface area contributed by atoms with Crippen LogP contribution in [0.5, 0.6) is 0 Å². The van der Waals surface area contributed by atoms with Crippen molar-refractivity contribution in [2.45, 2.75) is 30.1 Å². The molecule has 5 rings (SSSR count). The minimum Gasteiger partial charge on any atom is -0.268 e. The van der Waals surface area contributed by atoms with Crippen molar-refractivity contribution in [2.24, 2.45) is 0 Å². The second-order valence-corrected chi connectivity index (χ2v) is 13.9. The van der Waals surface area contributed by atoms with Gasteiger partial charge in [0.1, 0.15) is 4.21 Å². The molecule has 1 amide bonds. The van der Waals surface area contributed by atoms with Crippen LogP contribution in [0.1, 0.15) is 34.3 Å². The van der Waals surface area contributed by atoms with Gasteiger partial charge in [-0.15, -0.1) is 11.3 Å². The third kappa shape index (κ3) is 5.82. The molecule has 3 aromatic carbocycles. The Bertz CT molecular complexity index is 1670. The van der Waals surface area contributed by atoms with E-state index in [4.69, 9.17) is 0 Å². The van der Waals surface area contributed by atoms with Crippen molar-refractivity contribution in [3.63, 3.8) is 0 Å². The summed E-state index contributed by atoms with van der Waals surface area (Å²) in [4.78, 5) is 12.7. The first-order chi connectivity index (χ1) is 18.2. The number of nitrogens with one attached hydrogen (secondary N) is 1. The predicted octanol–water partition coefficient (Wildman–Crippen LogP) is 4.36. The monoisotopic (exact) mass is 569 g/mol. The minimum absolute atomic E-state index is 0.0455. The molecule has 1 saturated heterocycles. The van der Waals surface area contributed by atoms with Crippen molar-refractivity contribution in [3.05, 3.63) is 101 Å². The molecule has 2 heterocycles. The van der Waals surface area contributed by atoms with E-state index in [1.54, 1.807) is 23.6 Å². The molecule has 0 aliphatic carbocycles. The molecule has 1 fully saturated rings. The quantitative estimate of drug-likeness (QED) is 0.356. The summed E-state index contributed by atoms with van der Waals surface area (Å²) in [5, 5.41) is 3.78. The number of fused-ring (bicyclic) bond motifs is 1. The SMILES string of the molecule is O=C(NS(=O)(=O)c1cccs1)c1cccc(CN2CCCCN(Cc3ccc4ccccc4c3)S2(=O)=O)c1. The second kappa shape index (κ2) is 11.0. The first-order valence-electron chi connectivity index (χ1n) is 12.1. The molecule has 1 aliphatic rings. The number of sulfonamides is 1. The molecular weight excluding hydrogens is 543 g/mol. The van der Waals surface area contributed by atoms with Crippen LogP contribution in [0.2, 0.25) is 0 Å². The summed E-state index contributed by atoms with van der Waals surface area (Å²) in [6, 6.07) is 23.4. The summed E-state index contributed by atoms with van der Waals surface area (Å²) >= 11 is 1.02. The lowest BCUT2D eigenvalue weighted by molar-refractivity contribution is 0.0981. The Kier molecular flexibility index (Phi) is 7.64. The van der Waals surface area contributed by atoms with Crippen molar-refractivity contribution < 1.29 is 21.6 Å². The number of carbonyl (C=O) groups excluding carboxylic acids is 1. The Labute approximate surface area is 226 Å². The third-order valence-electron chi connectivity index (χ3n) is 6.43. The molecule has 0 saturated carbocycles. The van der Waals surface area contributed by atoms with Gasteiger partial charge in [-0.1, -0.05) is 54.6 Å². The van der Waals surface area contributed by atoms with Gasteiger partial charge in [0.15, 0.2) is 0 Å². The van der Waals surface area contributed by atoms with Crippen molar-refractivity contribution in [3.8, 4) is 0 Å². The zero-order valence-corrected chi connectivity index (χ0v) is 22.9. The van der Waals surface area contributed by atoms with E-state index < -0.39 is 26.1 Å². The molecule has 0 unspecified atom stereocenters. The van der Waals surface area contributed by atoms with Crippen molar-refractivity contribution in [2.75, 3.05) is 13.1 Å². The number of hydrogen-bond donors (Lipinski definition) is 1. The topological polar surface area (TPSA) is 104 Å². The highest BCUT2D eigenvalue weighted by molar-refractivity contribution is 7.92. The summed E-state index contributed by atoms with van der Waals surface area (Å²) in [5.41, 5.74) is 1.66. The van der Waals surface area contributed by atoms with Gasteiger partial charge in [-0.25, -0.2) is 13.1 Å². The van der Waals surface area contributed by atoms with Crippen LogP contribution >= 0.6 is 11.3 Å². The number of rotatable bonds is 7. The first-order valence-corrected chi connectivity index (χ1v) is 15.9. The second-order valence-electron chi connectivity index (χ2n) is 9.13. The Hall–Kier alpha value is -3.09. The van der Waals surface area contributed by atoms with E-state index in [1.165, 1.54) is 26.8 Å². The molecule has 198 valence electrons. The molecule has 11 heteroatoms. The third-order valence-corrected chi connectivity index (χ3v) is 11.1. The Morgan fingerprint density at radius 1 is 0.816 bits per heavy atom. The fraction of sp³-hybridized carbons (Fsp3) is 0.222. The van der Waals surface area contributed by atoms with Crippen LogP contribution in [0.25, 0.3) is 10.8 Å². The summed E-state index contributed by atoms with van der Waals surface area (Å²) in [6.45, 7) is 1.14. The van der Waals surface area contributed by atoms with Crippen molar-refractivity contribution in [1.29, 1.82) is 0 Å². The fourth-order valence-corrected chi connectivity index (χ4v) is 8.13. The Morgan fingerprint density at radius 2 is 1.50 bits per heavy atom. The molecule has 8 nitrogen and oxygen atoms in total. The van der Waals surface area contributed by atoms with Gasteiger partial charge in [-0.2, -0.15) is 17.0 Å². The molecule has 4 aromatic rings. The molecule has 38 heavy (non-hydrogen) atoms. The summed E-state index contributed by atoms with van der Waals surface area (Å²) in [7, 11) is -7.74. The lowest BCUT2D eigenvalue weighted by Crippen LogP contribution is -2.41. The summed E-state index contributed by atoms with van der Waals surface area (Å²) < 4.78 is 57.2. The van der Waals surface area contributed by atoms with Crippen LogP contribution in [0.3, 0.4) is 0 Å². The van der Waals surface area contributed by atoms with E-state index in [9.17, 15) is 21.6 Å². The van der Waals surface area contributed by atoms with Crippen molar-refractivity contribution >= 4 is 48.2 Å². The minimum atomic E-state index is -3.97. The van der Waals surface area contributed by atoms with Gasteiger partial charge in [0, 0.05) is 31.7 Å². The molecule has 0 atom stereocenters. The van der Waals surface area contributed by atoms with E-state index in [1.807, 2.05) is 42.5 Å². The van der Waals surface area contributed by atoms with Crippen LogP contribution in [-0.4, -0.2) is 44.4 Å². The highest BCUT2D eigenvalue weighted by Crippen LogP contribution is 2.24. The van der Waals surface area contributed by atoms with Gasteiger partial charge in [-0.05, 0) is 64.4 Å². The smallest absolute Gasteiger partial charge is 0.268 e. The van der Waals surface area contributed by atoms with Crippen molar-refractivity contribution in [1.82, 2.24) is 13.3 Å². The fourth-order valence-electron chi connectivity index (χ4n) is 4.49. The van der Waals surface area contributed by atoms with Gasteiger partial charge in [-0.3, -0.25) is 4.79 Å². The standard InChI is InChI=1S/C27H27N3O5S3/c31-27(28-37(32,33)26-11-6-16-36-26)25-10-5-7-21(18-25)19-29-14-3-4-15-30(38(29,34)35)20-22-12-13-23-8-1-2-9-24(23)17-22/h1-2,5-13,16-18H,3-4,14-15,19-20H2,(H,28,31). The number of nitrogens with zero attached hydrogens (tertiary/aromatic N) is 2. The van der Waals surface area contributed by atoms with Crippen LogP contribution in [-0.2, 0) is 33.3 Å². The lowest BCUT2D eigenvalue weighted by atomic mass is 10.1. The zero-order chi connectivity index (χ0) is 26.8. The van der Waals surface area contributed by atoms with E-state index >= 15 is 0 Å². The maximum absolute atomic E-state index is 13.6. The molecule has 0 spiro atoms. The average Bonchev–Trinajstić information content (AvgIpc) is 3.42. The highest BCUT2D eigenvalue weighted by Gasteiger charge is 2.32. The summed E-state index contributed by atoms with van der Waals surface area (Å²) in [5.74, 6) is -0.767. The van der Waals surface area contributed by atoms with E-state index in [0.29, 0.717) is 25.1 Å². The average molecular weight is 570 g/mol. The number of amides is 1. The lowest BCUT2D eigenvalue weighted by Gasteiger charge is -2.27. The maximum Gasteiger partial charge on any atom is 0.282 e. The number of thiophene rings is 1. The van der Waals surface area contributed by atoms with E-state index in [2.05, 4.69) is 4.72 Å². The number of benzene rings is 3. The zero-order valence-electron chi connectivity index (χ0n) is 20.5. The predicted molar refractivity (Wildman–Crippen MR) is 148 cm³/mol. The van der Waals surface area contributed by atoms with Gasteiger partial charge < -0.3 is 0 Å². The molecule has 1 aromatic heterocycles. The first kappa shape index (κ1) is 26.5. The van der Waals surface area contributed by atoms with Crippen LogP contribution in [0, 0.1) is 0 Å². The van der Waals surface area contributed by atoms with E-state index in [0.717, 1.165) is 34.1 Å². The maximum atomic E-state index is 13.6. The van der Waals surface area contributed by atoms with Gasteiger partial charge in [0.2, 0.25) is 0 Å². The molecule has 1 aliphatic heterocycles. The van der Waals surface area contributed by atoms with Crippen LogP contribution < -0.4 is 4.72 Å². The Balaban J connectivity index is 1.33. The summed E-state index contributed by atoms with van der Waals surface area (Å²) in [6.07, 6.45) is 1.46. The molecule has 0 radical (unpaired) electrons. The number of carbonyl (C=O) groups is 1. The Morgan fingerprint density at radius 3 is 2.18 bits per heavy atom. The van der Waals surface area contributed by atoms with Crippen LogP contribution in [0.4, 0.5) is 0 Å². The molecule has 0 bridgehead atoms. The highest BCUT2D eigenvalue weighted by atomic mass is 32.2. The largest absolute Gasteiger partial charge is 0.282 e.